The van der Waals surface area contributed by atoms with E-state index in [9.17, 15) is 14.4 Å². The molecule has 0 saturated carbocycles. The van der Waals surface area contributed by atoms with Crippen LogP contribution in [0.25, 0.3) is 0 Å². The molecule has 422 valence electrons. The molecule has 0 aromatic rings. The molecule has 0 N–H and O–H groups in total. The van der Waals surface area contributed by atoms with Crippen molar-refractivity contribution in [3.63, 3.8) is 0 Å². The zero-order valence-corrected chi connectivity index (χ0v) is 48.9. The van der Waals surface area contributed by atoms with Gasteiger partial charge in [0.2, 0.25) is 0 Å². The van der Waals surface area contributed by atoms with Crippen LogP contribution in [0.5, 0.6) is 0 Å². The monoisotopic (exact) mass is 1000 g/mol. The number of hydrogen-bond acceptors (Lipinski definition) is 6. The number of ether oxygens (including phenoxy) is 3. The van der Waals surface area contributed by atoms with E-state index in [4.69, 9.17) is 14.2 Å². The van der Waals surface area contributed by atoms with Gasteiger partial charge in [-0.05, 0) is 31.1 Å². The second-order valence-electron chi connectivity index (χ2n) is 23.1. The van der Waals surface area contributed by atoms with Crippen LogP contribution in [0, 0.1) is 11.8 Å². The molecular formula is C65H126O6. The minimum atomic E-state index is -0.764. The summed E-state index contributed by atoms with van der Waals surface area (Å²) in [6.45, 7) is 11.5. The van der Waals surface area contributed by atoms with Crippen LogP contribution in [0.15, 0.2) is 0 Å². The van der Waals surface area contributed by atoms with Gasteiger partial charge in [0.1, 0.15) is 13.2 Å². The number of esters is 3. The van der Waals surface area contributed by atoms with E-state index in [2.05, 4.69) is 34.6 Å². The number of unbranched alkanes of at least 4 members (excludes halogenated alkanes) is 43. The summed E-state index contributed by atoms with van der Waals surface area (Å²) in [6.07, 6.45) is 63.8. The van der Waals surface area contributed by atoms with Crippen molar-refractivity contribution in [1.82, 2.24) is 0 Å². The lowest BCUT2D eigenvalue weighted by Gasteiger charge is -2.18. The van der Waals surface area contributed by atoms with Crippen LogP contribution in [0.4, 0.5) is 0 Å². The summed E-state index contributed by atoms with van der Waals surface area (Å²) in [4.78, 5) is 38.3. The molecule has 0 rings (SSSR count). The fourth-order valence-corrected chi connectivity index (χ4v) is 10.1. The summed E-state index contributed by atoms with van der Waals surface area (Å²) >= 11 is 0. The van der Waals surface area contributed by atoms with Gasteiger partial charge in [-0.1, -0.05) is 330 Å². The van der Waals surface area contributed by atoms with E-state index in [0.717, 1.165) is 69.6 Å². The van der Waals surface area contributed by atoms with Gasteiger partial charge in [-0.15, -0.1) is 0 Å². The Morgan fingerprint density at radius 1 is 0.296 bits per heavy atom. The average molecular weight is 1000 g/mol. The lowest BCUT2D eigenvalue weighted by molar-refractivity contribution is -0.167. The SMILES string of the molecule is CCCCCCCCCCCCCCCCCCC(=O)OC[C@H](COC(=O)CCCCCCCCCCCCCCC(C)C)OC(=O)CCCCCCCCCCCCCCCCCCCCC(C)CC. The first-order chi connectivity index (χ1) is 34.8. The molecule has 0 spiro atoms. The molecule has 0 aromatic carbocycles. The Bertz CT molecular complexity index is 1090. The third-order valence-corrected chi connectivity index (χ3v) is 15.3. The van der Waals surface area contributed by atoms with E-state index >= 15 is 0 Å². The van der Waals surface area contributed by atoms with Crippen LogP contribution in [0.3, 0.4) is 0 Å². The maximum atomic E-state index is 12.9. The first kappa shape index (κ1) is 69.4. The van der Waals surface area contributed by atoms with Gasteiger partial charge in [-0.3, -0.25) is 14.4 Å². The fraction of sp³-hybridized carbons (Fsp3) is 0.954. The lowest BCUT2D eigenvalue weighted by atomic mass is 9.99. The molecule has 71 heavy (non-hydrogen) atoms. The van der Waals surface area contributed by atoms with Crippen LogP contribution in [0.2, 0.25) is 0 Å². The van der Waals surface area contributed by atoms with Gasteiger partial charge < -0.3 is 14.2 Å². The van der Waals surface area contributed by atoms with Crippen LogP contribution >= 0.6 is 0 Å². The van der Waals surface area contributed by atoms with E-state index in [1.165, 1.54) is 257 Å². The predicted molar refractivity (Wildman–Crippen MR) is 307 cm³/mol. The Labute approximate surface area is 444 Å². The number of hydrogen-bond donors (Lipinski definition) is 0. The summed E-state index contributed by atoms with van der Waals surface area (Å²) in [5, 5.41) is 0. The number of carbonyl (C=O) groups is 3. The Kier molecular flexibility index (Phi) is 56.4. The topological polar surface area (TPSA) is 78.9 Å². The van der Waals surface area contributed by atoms with E-state index in [1.54, 1.807) is 0 Å². The molecule has 0 bridgehead atoms. The molecule has 0 heterocycles. The quantitative estimate of drug-likeness (QED) is 0.0343. The Balaban J connectivity index is 4.27. The summed E-state index contributed by atoms with van der Waals surface area (Å²) in [7, 11) is 0. The summed E-state index contributed by atoms with van der Waals surface area (Å²) in [6, 6.07) is 0. The van der Waals surface area contributed by atoms with Crippen molar-refractivity contribution in [3.8, 4) is 0 Å². The zero-order valence-electron chi connectivity index (χ0n) is 48.9. The van der Waals surface area contributed by atoms with Gasteiger partial charge in [0.15, 0.2) is 6.10 Å². The normalized spacial score (nSPS) is 12.4. The highest BCUT2D eigenvalue weighted by molar-refractivity contribution is 5.71. The minimum Gasteiger partial charge on any atom is -0.462 e. The van der Waals surface area contributed by atoms with Crippen molar-refractivity contribution in [2.45, 2.75) is 375 Å². The van der Waals surface area contributed by atoms with Crippen molar-refractivity contribution >= 4 is 17.9 Å². The molecule has 0 aliphatic carbocycles. The molecule has 0 radical (unpaired) electrons. The molecule has 0 aliphatic heterocycles. The molecule has 6 heteroatoms. The smallest absolute Gasteiger partial charge is 0.306 e. The maximum absolute atomic E-state index is 12.9. The highest BCUT2D eigenvalue weighted by Crippen LogP contribution is 2.19. The largest absolute Gasteiger partial charge is 0.462 e. The molecule has 0 aliphatic rings. The molecule has 6 nitrogen and oxygen atoms in total. The minimum absolute atomic E-state index is 0.0618. The van der Waals surface area contributed by atoms with Crippen LogP contribution in [-0.4, -0.2) is 37.2 Å². The van der Waals surface area contributed by atoms with E-state index in [1.807, 2.05) is 0 Å². The van der Waals surface area contributed by atoms with Crippen molar-refractivity contribution in [2.24, 2.45) is 11.8 Å². The van der Waals surface area contributed by atoms with Gasteiger partial charge >= 0.3 is 17.9 Å². The molecular weight excluding hydrogens is 877 g/mol. The second kappa shape index (κ2) is 57.7. The Morgan fingerprint density at radius 3 is 0.803 bits per heavy atom. The second-order valence-corrected chi connectivity index (χ2v) is 23.1. The first-order valence-electron chi connectivity index (χ1n) is 32.3. The van der Waals surface area contributed by atoms with Crippen molar-refractivity contribution in [1.29, 1.82) is 0 Å². The van der Waals surface area contributed by atoms with E-state index in [-0.39, 0.29) is 31.1 Å². The highest BCUT2D eigenvalue weighted by atomic mass is 16.6. The fourth-order valence-electron chi connectivity index (χ4n) is 10.1. The molecule has 0 fully saturated rings. The van der Waals surface area contributed by atoms with Gasteiger partial charge in [0.25, 0.3) is 0 Å². The molecule has 1 unspecified atom stereocenters. The molecule has 0 saturated heterocycles. The van der Waals surface area contributed by atoms with Gasteiger partial charge in [-0.2, -0.15) is 0 Å². The van der Waals surface area contributed by atoms with E-state index in [0.29, 0.717) is 19.3 Å². The summed E-state index contributed by atoms with van der Waals surface area (Å²) < 4.78 is 17.0. The van der Waals surface area contributed by atoms with Gasteiger partial charge in [-0.25, -0.2) is 0 Å². The van der Waals surface area contributed by atoms with Crippen LogP contribution in [0.1, 0.15) is 369 Å². The molecule has 0 amide bonds. The predicted octanol–water partition coefficient (Wildman–Crippen LogP) is 21.6. The Morgan fingerprint density at radius 2 is 0.535 bits per heavy atom. The lowest BCUT2D eigenvalue weighted by Crippen LogP contribution is -2.30. The van der Waals surface area contributed by atoms with Gasteiger partial charge in [0, 0.05) is 19.3 Å². The van der Waals surface area contributed by atoms with Crippen molar-refractivity contribution in [2.75, 3.05) is 13.2 Å². The number of carbonyl (C=O) groups excluding carboxylic acids is 3. The number of rotatable bonds is 59. The summed E-state index contributed by atoms with van der Waals surface area (Å²) in [5.74, 6) is 0.912. The van der Waals surface area contributed by atoms with Crippen molar-refractivity contribution < 1.29 is 28.6 Å². The summed E-state index contributed by atoms with van der Waals surface area (Å²) in [5.41, 5.74) is 0. The Hall–Kier alpha value is -1.59. The maximum Gasteiger partial charge on any atom is 0.306 e. The van der Waals surface area contributed by atoms with E-state index < -0.39 is 6.10 Å². The van der Waals surface area contributed by atoms with Crippen LogP contribution in [-0.2, 0) is 28.6 Å². The highest BCUT2D eigenvalue weighted by Gasteiger charge is 2.19. The zero-order chi connectivity index (χ0) is 51.8. The third kappa shape index (κ3) is 57.5. The first-order valence-corrected chi connectivity index (χ1v) is 32.3. The third-order valence-electron chi connectivity index (χ3n) is 15.3. The van der Waals surface area contributed by atoms with Crippen molar-refractivity contribution in [3.05, 3.63) is 0 Å². The molecule has 0 aromatic heterocycles. The molecule has 2 atom stereocenters. The van der Waals surface area contributed by atoms with Gasteiger partial charge in [0.05, 0.1) is 0 Å². The average Bonchev–Trinajstić information content (AvgIpc) is 3.36. The standard InChI is InChI=1S/C65H126O6/c1-6-8-9-10-11-12-13-14-15-21-24-30-35-40-45-50-55-63(66)69-58-62(59-70-64(67)56-51-46-41-36-31-27-26-28-33-38-43-48-53-60(3)4)71-65(68)57-52-47-42-37-32-25-22-19-17-16-18-20-23-29-34-39-44-49-54-61(5)7-2/h60-62H,6-59H2,1-5H3/t61?,62-/m1/s1. The van der Waals surface area contributed by atoms with Crippen LogP contribution < -0.4 is 0 Å².